The average Bonchev–Trinajstić information content (AvgIpc) is 2.68. The van der Waals surface area contributed by atoms with Gasteiger partial charge < -0.3 is 14.6 Å². The van der Waals surface area contributed by atoms with Crippen molar-refractivity contribution in [3.63, 3.8) is 0 Å². The minimum absolute atomic E-state index is 0.0884. The molecule has 0 atom stereocenters. The van der Waals surface area contributed by atoms with Crippen molar-refractivity contribution in [1.29, 1.82) is 0 Å². The number of nitrogens with zero attached hydrogens (tertiary/aromatic N) is 4. The maximum Gasteiger partial charge on any atom is 0.305 e. The summed E-state index contributed by atoms with van der Waals surface area (Å²) in [7, 11) is 3.83. The molecule has 0 unspecified atom stereocenters. The number of carbonyl (C=O) groups is 1. The van der Waals surface area contributed by atoms with Crippen LogP contribution in [-0.2, 0) is 11.3 Å². The molecule has 6 heteroatoms. The third-order valence-corrected chi connectivity index (χ3v) is 2.53. The largest absolute Gasteiger partial charge is 0.481 e. The molecule has 0 aromatic carbocycles. The van der Waals surface area contributed by atoms with Crippen molar-refractivity contribution in [2.75, 3.05) is 19.0 Å². The number of carboxylic acid groups (broad SMARTS) is 1. The molecule has 0 amide bonds. The number of aryl methyl sites for hydroxylation is 1. The van der Waals surface area contributed by atoms with E-state index in [2.05, 4.69) is 9.97 Å². The molecule has 0 radical (unpaired) electrons. The van der Waals surface area contributed by atoms with E-state index in [-0.39, 0.29) is 6.42 Å². The van der Waals surface area contributed by atoms with Crippen LogP contribution in [0.2, 0.25) is 0 Å². The molecule has 90 valence electrons. The first-order chi connectivity index (χ1) is 8.09. The van der Waals surface area contributed by atoms with Crippen molar-refractivity contribution >= 4 is 22.8 Å². The molecule has 0 bridgehead atoms. The van der Waals surface area contributed by atoms with E-state index in [0.717, 1.165) is 16.9 Å². The molecular formula is C11H14N4O2. The molecule has 6 nitrogen and oxygen atoms in total. The summed E-state index contributed by atoms with van der Waals surface area (Å²) in [6, 6.07) is 1.91. The molecule has 2 heterocycles. The fourth-order valence-corrected chi connectivity index (χ4v) is 1.74. The first kappa shape index (κ1) is 11.4. The van der Waals surface area contributed by atoms with Gasteiger partial charge in [-0.25, -0.2) is 9.97 Å². The summed E-state index contributed by atoms with van der Waals surface area (Å²) >= 11 is 0. The Kier molecular flexibility index (Phi) is 2.95. The van der Waals surface area contributed by atoms with Crippen LogP contribution in [0.1, 0.15) is 6.42 Å². The monoisotopic (exact) mass is 234 g/mol. The van der Waals surface area contributed by atoms with Gasteiger partial charge in [0, 0.05) is 26.8 Å². The van der Waals surface area contributed by atoms with E-state index >= 15 is 0 Å². The fourth-order valence-electron chi connectivity index (χ4n) is 1.74. The summed E-state index contributed by atoms with van der Waals surface area (Å²) in [6.45, 7) is 0.419. The molecule has 1 N–H and O–H groups in total. The first-order valence-electron chi connectivity index (χ1n) is 5.28. The number of aromatic nitrogens is 3. The van der Waals surface area contributed by atoms with Crippen molar-refractivity contribution in [3.8, 4) is 0 Å². The van der Waals surface area contributed by atoms with Crippen LogP contribution >= 0.6 is 0 Å². The molecule has 0 saturated carbocycles. The zero-order chi connectivity index (χ0) is 12.4. The lowest BCUT2D eigenvalue weighted by molar-refractivity contribution is -0.137. The van der Waals surface area contributed by atoms with Crippen LogP contribution in [0.4, 0.5) is 5.82 Å². The van der Waals surface area contributed by atoms with Gasteiger partial charge in [0.2, 0.25) is 0 Å². The summed E-state index contributed by atoms with van der Waals surface area (Å²) in [4.78, 5) is 20.9. The van der Waals surface area contributed by atoms with Crippen molar-refractivity contribution in [2.45, 2.75) is 13.0 Å². The van der Waals surface area contributed by atoms with Gasteiger partial charge in [0.1, 0.15) is 17.8 Å². The Morgan fingerprint density at radius 3 is 2.88 bits per heavy atom. The summed E-state index contributed by atoms with van der Waals surface area (Å²) < 4.78 is 1.83. The van der Waals surface area contributed by atoms with Gasteiger partial charge in [-0.05, 0) is 6.07 Å². The number of anilines is 1. The fraction of sp³-hybridized carbons (Fsp3) is 0.364. The highest BCUT2D eigenvalue weighted by molar-refractivity contribution is 5.87. The predicted octanol–water partition coefficient (Wildman–Crippen LogP) is 0.972. The van der Waals surface area contributed by atoms with Crippen molar-refractivity contribution < 1.29 is 9.90 Å². The molecule has 2 rings (SSSR count). The normalized spacial score (nSPS) is 10.7. The number of rotatable bonds is 4. The lowest BCUT2D eigenvalue weighted by Gasteiger charge is -2.11. The number of hydrogen-bond donors (Lipinski definition) is 1. The van der Waals surface area contributed by atoms with Gasteiger partial charge in [0.05, 0.1) is 11.8 Å². The van der Waals surface area contributed by atoms with Crippen LogP contribution in [0, 0.1) is 0 Å². The minimum atomic E-state index is -0.811. The number of carboxylic acids is 1. The van der Waals surface area contributed by atoms with Gasteiger partial charge in [-0.15, -0.1) is 0 Å². The Morgan fingerprint density at radius 1 is 1.47 bits per heavy atom. The van der Waals surface area contributed by atoms with Gasteiger partial charge in [-0.1, -0.05) is 0 Å². The molecule has 0 aliphatic heterocycles. The van der Waals surface area contributed by atoms with Crippen molar-refractivity contribution in [1.82, 2.24) is 14.5 Å². The molecule has 0 saturated heterocycles. The second-order valence-electron chi connectivity index (χ2n) is 3.98. The van der Waals surface area contributed by atoms with Crippen LogP contribution in [0.15, 0.2) is 18.6 Å². The zero-order valence-electron chi connectivity index (χ0n) is 9.79. The number of hydrogen-bond acceptors (Lipinski definition) is 4. The van der Waals surface area contributed by atoms with Crippen molar-refractivity contribution in [2.24, 2.45) is 0 Å². The molecule has 2 aromatic heterocycles. The van der Waals surface area contributed by atoms with Gasteiger partial charge in [0.25, 0.3) is 0 Å². The van der Waals surface area contributed by atoms with Crippen LogP contribution in [0.3, 0.4) is 0 Å². The van der Waals surface area contributed by atoms with Gasteiger partial charge >= 0.3 is 5.97 Å². The lowest BCUT2D eigenvalue weighted by Crippen LogP contribution is -2.11. The number of fused-ring (bicyclic) bond motifs is 1. The molecule has 0 fully saturated rings. The molecule has 0 aliphatic carbocycles. The van der Waals surface area contributed by atoms with Crippen LogP contribution in [0.5, 0.6) is 0 Å². The predicted molar refractivity (Wildman–Crippen MR) is 64.1 cm³/mol. The first-order valence-corrected chi connectivity index (χ1v) is 5.28. The van der Waals surface area contributed by atoms with E-state index in [1.165, 1.54) is 6.33 Å². The number of aliphatic carboxylic acids is 1. The topological polar surface area (TPSA) is 71.2 Å². The Bertz CT molecular complexity index is 547. The summed E-state index contributed by atoms with van der Waals surface area (Å²) in [5.74, 6) is 0.0258. The molecule has 17 heavy (non-hydrogen) atoms. The van der Waals surface area contributed by atoms with E-state index in [1.807, 2.05) is 35.8 Å². The second kappa shape index (κ2) is 4.40. The standard InChI is InChI=1S/C11H14N4O2/c1-14(2)10-8-3-5-15(6-4-9(16)17)11(8)13-7-12-10/h3,5,7H,4,6H2,1-2H3,(H,16,17). The van der Waals surface area contributed by atoms with Gasteiger partial charge in [-0.2, -0.15) is 0 Å². The quantitative estimate of drug-likeness (QED) is 0.853. The highest BCUT2D eigenvalue weighted by Gasteiger charge is 2.10. The van der Waals surface area contributed by atoms with Gasteiger partial charge in [-0.3, -0.25) is 4.79 Å². The summed E-state index contributed by atoms with van der Waals surface area (Å²) in [5.41, 5.74) is 0.768. The van der Waals surface area contributed by atoms with Crippen LogP contribution in [0.25, 0.3) is 11.0 Å². The van der Waals surface area contributed by atoms with Crippen LogP contribution < -0.4 is 4.90 Å². The maximum atomic E-state index is 10.6. The second-order valence-corrected chi connectivity index (χ2v) is 3.98. The smallest absolute Gasteiger partial charge is 0.305 e. The Labute approximate surface area is 98.5 Å². The lowest BCUT2D eigenvalue weighted by atomic mass is 10.3. The van der Waals surface area contributed by atoms with E-state index < -0.39 is 5.97 Å². The van der Waals surface area contributed by atoms with E-state index in [9.17, 15) is 4.79 Å². The Morgan fingerprint density at radius 2 is 2.24 bits per heavy atom. The zero-order valence-corrected chi connectivity index (χ0v) is 9.79. The molecule has 0 spiro atoms. The SMILES string of the molecule is CN(C)c1ncnc2c1ccn2CCC(=O)O. The van der Waals surface area contributed by atoms with E-state index in [1.54, 1.807) is 0 Å². The maximum absolute atomic E-state index is 10.6. The summed E-state index contributed by atoms with van der Waals surface area (Å²) in [6.07, 6.45) is 3.43. The van der Waals surface area contributed by atoms with Crippen LogP contribution in [-0.4, -0.2) is 39.7 Å². The highest BCUT2D eigenvalue weighted by Crippen LogP contribution is 2.22. The van der Waals surface area contributed by atoms with E-state index in [0.29, 0.717) is 6.54 Å². The molecule has 0 aliphatic rings. The highest BCUT2D eigenvalue weighted by atomic mass is 16.4. The third-order valence-electron chi connectivity index (χ3n) is 2.53. The van der Waals surface area contributed by atoms with E-state index in [4.69, 9.17) is 5.11 Å². The summed E-state index contributed by atoms with van der Waals surface area (Å²) in [5, 5.41) is 9.61. The molecule has 2 aromatic rings. The minimum Gasteiger partial charge on any atom is -0.481 e. The third kappa shape index (κ3) is 2.20. The van der Waals surface area contributed by atoms with Crippen molar-refractivity contribution in [3.05, 3.63) is 18.6 Å². The Balaban J connectivity index is 2.40. The molecular weight excluding hydrogens is 220 g/mol. The Hall–Kier alpha value is -2.11. The van der Waals surface area contributed by atoms with Gasteiger partial charge in [0.15, 0.2) is 0 Å². The average molecular weight is 234 g/mol.